The lowest BCUT2D eigenvalue weighted by atomic mass is 10.3. The number of amides is 1. The van der Waals surface area contributed by atoms with Gasteiger partial charge in [-0.2, -0.15) is 0 Å². The molecular weight excluding hydrogens is 413 g/mol. The maximum absolute atomic E-state index is 14.3. The normalized spacial score (nSPS) is 11.2. The lowest BCUT2D eigenvalue weighted by Crippen LogP contribution is -2.38. The minimum atomic E-state index is -4.22. The summed E-state index contributed by atoms with van der Waals surface area (Å²) in [6, 6.07) is 10.7. The number of para-hydroxylation sites is 1. The summed E-state index contributed by atoms with van der Waals surface area (Å²) in [6.45, 7) is -0.764. The molecule has 0 bridgehead atoms. The molecular formula is C18H13F3N2O3S2. The first-order valence-corrected chi connectivity index (χ1v) is 10.2. The summed E-state index contributed by atoms with van der Waals surface area (Å²) in [5.74, 6) is -3.95. The van der Waals surface area contributed by atoms with Crippen molar-refractivity contribution in [1.82, 2.24) is 0 Å². The molecule has 0 saturated heterocycles. The summed E-state index contributed by atoms with van der Waals surface area (Å²) >= 11 is 0.918. The minimum Gasteiger partial charge on any atom is -0.324 e. The van der Waals surface area contributed by atoms with Gasteiger partial charge in [0.25, 0.3) is 10.0 Å². The van der Waals surface area contributed by atoms with E-state index in [9.17, 15) is 26.4 Å². The highest BCUT2D eigenvalue weighted by Gasteiger charge is 2.30. The van der Waals surface area contributed by atoms with Crippen LogP contribution in [0.4, 0.5) is 24.5 Å². The predicted octanol–water partition coefficient (Wildman–Crippen LogP) is 4.00. The third-order valence-corrected chi connectivity index (χ3v) is 6.78. The molecule has 28 heavy (non-hydrogen) atoms. The first-order chi connectivity index (χ1) is 13.3. The molecule has 0 radical (unpaired) electrons. The minimum absolute atomic E-state index is 0.0640. The Balaban J connectivity index is 1.92. The fourth-order valence-corrected chi connectivity index (χ4v) is 4.91. The van der Waals surface area contributed by atoms with Crippen molar-refractivity contribution in [3.05, 3.63) is 77.4 Å². The summed E-state index contributed by atoms with van der Waals surface area (Å²) in [7, 11) is -4.22. The number of nitrogens with zero attached hydrogens (tertiary/aromatic N) is 1. The summed E-state index contributed by atoms with van der Waals surface area (Å²) in [6.07, 6.45) is 0. The van der Waals surface area contributed by atoms with Crippen LogP contribution in [-0.2, 0) is 14.8 Å². The zero-order chi connectivity index (χ0) is 20.3. The molecule has 146 valence electrons. The Labute approximate surface area is 163 Å². The number of rotatable bonds is 6. The molecule has 0 fully saturated rings. The van der Waals surface area contributed by atoms with Crippen LogP contribution in [-0.4, -0.2) is 20.9 Å². The van der Waals surface area contributed by atoms with Crippen LogP contribution in [0.1, 0.15) is 0 Å². The number of hydrogen-bond acceptors (Lipinski definition) is 4. The van der Waals surface area contributed by atoms with E-state index in [-0.39, 0.29) is 15.6 Å². The molecule has 0 aliphatic heterocycles. The highest BCUT2D eigenvalue weighted by molar-refractivity contribution is 7.94. The molecule has 0 aliphatic rings. The first kappa shape index (κ1) is 19.9. The molecule has 1 heterocycles. The molecule has 3 rings (SSSR count). The fourth-order valence-electron chi connectivity index (χ4n) is 2.38. The van der Waals surface area contributed by atoms with Crippen molar-refractivity contribution in [3.8, 4) is 0 Å². The van der Waals surface area contributed by atoms with E-state index >= 15 is 0 Å². The van der Waals surface area contributed by atoms with Crippen LogP contribution in [0.15, 0.2) is 64.2 Å². The van der Waals surface area contributed by atoms with Crippen molar-refractivity contribution in [3.63, 3.8) is 0 Å². The zero-order valence-corrected chi connectivity index (χ0v) is 15.7. The molecule has 0 saturated carbocycles. The molecule has 1 aromatic heterocycles. The molecule has 0 atom stereocenters. The van der Waals surface area contributed by atoms with Crippen LogP contribution >= 0.6 is 11.3 Å². The number of carbonyl (C=O) groups is 1. The first-order valence-electron chi connectivity index (χ1n) is 7.85. The molecule has 0 spiro atoms. The van der Waals surface area contributed by atoms with Crippen molar-refractivity contribution in [2.24, 2.45) is 0 Å². The molecule has 3 aromatic rings. The van der Waals surface area contributed by atoms with Gasteiger partial charge in [0, 0.05) is 11.8 Å². The number of sulfonamides is 1. The second kappa shape index (κ2) is 8.03. The monoisotopic (exact) mass is 426 g/mol. The third kappa shape index (κ3) is 4.18. The maximum atomic E-state index is 14.3. The molecule has 5 nitrogen and oxygen atoms in total. The van der Waals surface area contributed by atoms with Crippen molar-refractivity contribution < 1.29 is 26.4 Å². The van der Waals surface area contributed by atoms with Crippen LogP contribution in [0.5, 0.6) is 0 Å². The third-order valence-electron chi connectivity index (χ3n) is 3.65. The number of halogens is 3. The number of anilines is 2. The van der Waals surface area contributed by atoms with Gasteiger partial charge in [0.05, 0.1) is 5.69 Å². The Morgan fingerprint density at radius 2 is 1.71 bits per heavy atom. The van der Waals surface area contributed by atoms with E-state index in [1.165, 1.54) is 35.7 Å². The topological polar surface area (TPSA) is 66.5 Å². The SMILES string of the molecule is O=C(CN(c1ccccc1F)S(=O)(=O)c1cccs1)Nc1ccc(F)c(F)c1. The van der Waals surface area contributed by atoms with Crippen molar-refractivity contribution in [2.45, 2.75) is 4.21 Å². The fraction of sp³-hybridized carbons (Fsp3) is 0.0556. The van der Waals surface area contributed by atoms with E-state index in [0.29, 0.717) is 4.31 Å². The Morgan fingerprint density at radius 3 is 2.36 bits per heavy atom. The predicted molar refractivity (Wildman–Crippen MR) is 100 cm³/mol. The summed E-state index contributed by atoms with van der Waals surface area (Å²) in [4.78, 5) is 12.4. The quantitative estimate of drug-likeness (QED) is 0.648. The summed E-state index contributed by atoms with van der Waals surface area (Å²) in [5.41, 5.74) is -0.373. The largest absolute Gasteiger partial charge is 0.324 e. The molecule has 0 unspecified atom stereocenters. The number of hydrogen-bond donors (Lipinski definition) is 1. The lowest BCUT2D eigenvalue weighted by molar-refractivity contribution is -0.114. The number of carbonyl (C=O) groups excluding carboxylic acids is 1. The van der Waals surface area contributed by atoms with E-state index in [1.807, 2.05) is 0 Å². The number of thiophene rings is 1. The van der Waals surface area contributed by atoms with E-state index in [1.54, 1.807) is 0 Å². The summed E-state index contributed by atoms with van der Waals surface area (Å²) in [5, 5.41) is 3.81. The average molecular weight is 426 g/mol. The van der Waals surface area contributed by atoms with Gasteiger partial charge in [-0.3, -0.25) is 9.10 Å². The van der Waals surface area contributed by atoms with Gasteiger partial charge in [0.1, 0.15) is 16.6 Å². The van der Waals surface area contributed by atoms with Crippen molar-refractivity contribution in [2.75, 3.05) is 16.2 Å². The van der Waals surface area contributed by atoms with Crippen molar-refractivity contribution >= 4 is 38.6 Å². The molecule has 0 aliphatic carbocycles. The van der Waals surface area contributed by atoms with Gasteiger partial charge in [-0.1, -0.05) is 18.2 Å². The van der Waals surface area contributed by atoms with E-state index < -0.39 is 39.9 Å². The highest BCUT2D eigenvalue weighted by Crippen LogP contribution is 2.28. The molecule has 10 heteroatoms. The van der Waals surface area contributed by atoms with Crippen LogP contribution in [0, 0.1) is 17.5 Å². The standard InChI is InChI=1S/C18H13F3N2O3S2/c19-13-8-7-12(10-15(13)21)22-17(24)11-23(16-5-2-1-4-14(16)20)28(25,26)18-6-3-9-27-18/h1-10H,11H2,(H,22,24). The van der Waals surface area contributed by atoms with Gasteiger partial charge in [0.2, 0.25) is 5.91 Å². The van der Waals surface area contributed by atoms with Crippen LogP contribution in [0.2, 0.25) is 0 Å². The van der Waals surface area contributed by atoms with Crippen molar-refractivity contribution in [1.29, 1.82) is 0 Å². The van der Waals surface area contributed by atoms with Gasteiger partial charge < -0.3 is 5.32 Å². The summed E-state index contributed by atoms with van der Waals surface area (Å²) < 4.78 is 67.0. The molecule has 1 amide bonds. The lowest BCUT2D eigenvalue weighted by Gasteiger charge is -2.23. The Morgan fingerprint density at radius 1 is 0.964 bits per heavy atom. The van der Waals surface area contributed by atoms with E-state index in [2.05, 4.69) is 5.32 Å². The maximum Gasteiger partial charge on any atom is 0.274 e. The average Bonchev–Trinajstić information content (AvgIpc) is 3.19. The van der Waals surface area contributed by atoms with Gasteiger partial charge in [-0.15, -0.1) is 11.3 Å². The van der Waals surface area contributed by atoms with Crippen LogP contribution < -0.4 is 9.62 Å². The number of benzene rings is 2. The second-order valence-corrected chi connectivity index (χ2v) is 8.61. The Hall–Kier alpha value is -2.85. The van der Waals surface area contributed by atoms with E-state index in [0.717, 1.165) is 35.6 Å². The Kier molecular flexibility index (Phi) is 5.71. The zero-order valence-electron chi connectivity index (χ0n) is 14.1. The molecule has 2 aromatic carbocycles. The van der Waals surface area contributed by atoms with Gasteiger partial charge in [0.15, 0.2) is 11.6 Å². The Bertz CT molecular complexity index is 1100. The number of nitrogens with one attached hydrogen (secondary N) is 1. The molecule has 1 N–H and O–H groups in total. The highest BCUT2D eigenvalue weighted by atomic mass is 32.2. The van der Waals surface area contributed by atoms with Crippen LogP contribution in [0.25, 0.3) is 0 Å². The van der Waals surface area contributed by atoms with Gasteiger partial charge in [-0.05, 0) is 35.7 Å². The van der Waals surface area contributed by atoms with Crippen LogP contribution in [0.3, 0.4) is 0 Å². The van der Waals surface area contributed by atoms with Gasteiger partial charge in [-0.25, -0.2) is 21.6 Å². The smallest absolute Gasteiger partial charge is 0.274 e. The van der Waals surface area contributed by atoms with E-state index in [4.69, 9.17) is 0 Å². The second-order valence-electron chi connectivity index (χ2n) is 5.57. The van der Waals surface area contributed by atoms with Gasteiger partial charge >= 0.3 is 0 Å².